The van der Waals surface area contributed by atoms with Gasteiger partial charge in [0.2, 0.25) is 0 Å². The number of fused-ring (bicyclic) bond motifs is 1. The van der Waals surface area contributed by atoms with Crippen molar-refractivity contribution in [3.8, 4) is 11.1 Å². The third-order valence-electron chi connectivity index (χ3n) is 9.48. The number of rotatable bonds is 8. The van der Waals surface area contributed by atoms with Gasteiger partial charge in [0.05, 0.1) is 17.4 Å². The quantitative estimate of drug-likeness (QED) is 0.242. The van der Waals surface area contributed by atoms with Gasteiger partial charge in [-0.25, -0.2) is 9.78 Å². The second kappa shape index (κ2) is 13.8. The van der Waals surface area contributed by atoms with Gasteiger partial charge in [0.25, 0.3) is 0 Å². The van der Waals surface area contributed by atoms with E-state index in [1.165, 1.54) is 22.3 Å². The molecule has 3 heterocycles. The average molecular weight is 661 g/mol. The monoisotopic (exact) mass is 660 g/mol. The number of nitrogens with zero attached hydrogens (tertiary/aromatic N) is 3. The van der Waals surface area contributed by atoms with Gasteiger partial charge in [-0.2, -0.15) is 0 Å². The zero-order valence-corrected chi connectivity index (χ0v) is 30.6. The SMILES string of the molecule is Cc1cccc(Cl)c1CN1CCc2cc(-c3c(N)nc(C)c([C@H](OC(C)(C)C)C(=O)OC(C)C)c3N3CCC(C)(C)CC3)ccc2C1. The Morgan fingerprint density at radius 1 is 1.06 bits per heavy atom. The fraction of sp³-hybridized carbons (Fsp3) is 0.538. The minimum Gasteiger partial charge on any atom is -0.461 e. The number of aryl methyl sites for hydroxylation is 2. The number of ether oxygens (including phenoxy) is 2. The molecule has 0 radical (unpaired) electrons. The predicted octanol–water partition coefficient (Wildman–Crippen LogP) is 8.59. The number of anilines is 2. The Morgan fingerprint density at radius 2 is 1.77 bits per heavy atom. The Bertz CT molecular complexity index is 1600. The molecule has 1 saturated heterocycles. The third-order valence-corrected chi connectivity index (χ3v) is 9.83. The molecule has 0 bridgehead atoms. The number of nitrogen functional groups attached to an aromatic ring is 1. The number of esters is 1. The van der Waals surface area contributed by atoms with Crippen molar-refractivity contribution in [2.45, 2.75) is 112 Å². The van der Waals surface area contributed by atoms with Gasteiger partial charge in [0, 0.05) is 54.6 Å². The van der Waals surface area contributed by atoms with Crippen LogP contribution in [0.5, 0.6) is 0 Å². The smallest absolute Gasteiger partial charge is 0.340 e. The number of benzene rings is 2. The summed E-state index contributed by atoms with van der Waals surface area (Å²) in [4.78, 5) is 23.6. The van der Waals surface area contributed by atoms with Crippen LogP contribution in [0.4, 0.5) is 11.5 Å². The molecule has 0 amide bonds. The van der Waals surface area contributed by atoms with Crippen LogP contribution in [0, 0.1) is 19.3 Å². The number of aromatic nitrogens is 1. The van der Waals surface area contributed by atoms with Crippen LogP contribution >= 0.6 is 11.6 Å². The van der Waals surface area contributed by atoms with Gasteiger partial charge in [-0.1, -0.05) is 55.8 Å². The molecule has 2 N–H and O–H groups in total. The number of nitrogens with two attached hydrogens (primary N) is 1. The maximum Gasteiger partial charge on any atom is 0.340 e. The molecule has 0 aliphatic carbocycles. The molecule has 47 heavy (non-hydrogen) atoms. The Morgan fingerprint density at radius 3 is 2.40 bits per heavy atom. The molecule has 0 spiro atoms. The number of carbonyl (C=O) groups is 1. The Labute approximate surface area is 286 Å². The average Bonchev–Trinajstić information content (AvgIpc) is 2.97. The second-order valence-corrected chi connectivity index (χ2v) is 15.9. The van der Waals surface area contributed by atoms with E-state index in [2.05, 4.69) is 54.8 Å². The van der Waals surface area contributed by atoms with E-state index in [1.54, 1.807) is 0 Å². The Hall–Kier alpha value is -3.13. The number of piperidine rings is 1. The highest BCUT2D eigenvalue weighted by Gasteiger charge is 2.38. The van der Waals surface area contributed by atoms with Crippen LogP contribution in [0.2, 0.25) is 5.02 Å². The van der Waals surface area contributed by atoms with Crippen molar-refractivity contribution in [3.05, 3.63) is 74.9 Å². The van der Waals surface area contributed by atoms with Crippen LogP contribution < -0.4 is 10.6 Å². The standard InChI is InChI=1S/C39H53ClN4O3/c1-24(2)46-37(45)35(47-38(5,6)7)32-26(4)42-36(41)33(34(32)44-19-16-39(8,9)17-20-44)28-13-14-29-22-43(18-15-27(29)21-28)23-30-25(3)11-10-12-31(30)40/h10-14,21,24,35H,15-20,22-23H2,1-9H3,(H2,41,42)/t35-/m0/s1. The molecule has 2 aliphatic heterocycles. The summed E-state index contributed by atoms with van der Waals surface area (Å²) in [6, 6.07) is 12.8. The minimum absolute atomic E-state index is 0.239. The van der Waals surface area contributed by atoms with Crippen molar-refractivity contribution < 1.29 is 14.3 Å². The minimum atomic E-state index is -0.950. The van der Waals surface area contributed by atoms with E-state index in [4.69, 9.17) is 31.8 Å². The molecule has 1 aromatic heterocycles. The molecule has 0 unspecified atom stereocenters. The zero-order valence-electron chi connectivity index (χ0n) is 29.8. The molecular formula is C39H53ClN4O3. The van der Waals surface area contributed by atoms with E-state index >= 15 is 0 Å². The summed E-state index contributed by atoms with van der Waals surface area (Å²) in [5, 5.41) is 0.823. The summed E-state index contributed by atoms with van der Waals surface area (Å²) in [6.45, 7) is 22.6. The van der Waals surface area contributed by atoms with E-state index in [-0.39, 0.29) is 11.5 Å². The zero-order chi connectivity index (χ0) is 34.3. The molecule has 5 rings (SSSR count). The number of pyridine rings is 1. The van der Waals surface area contributed by atoms with Gasteiger partial charge in [-0.15, -0.1) is 0 Å². The Kier molecular flexibility index (Phi) is 10.3. The van der Waals surface area contributed by atoms with E-state index in [0.29, 0.717) is 11.5 Å². The summed E-state index contributed by atoms with van der Waals surface area (Å²) in [7, 11) is 0. The largest absolute Gasteiger partial charge is 0.461 e. The first-order valence-electron chi connectivity index (χ1n) is 17.0. The number of hydrogen-bond acceptors (Lipinski definition) is 7. The van der Waals surface area contributed by atoms with E-state index < -0.39 is 17.7 Å². The van der Waals surface area contributed by atoms with Crippen molar-refractivity contribution >= 4 is 29.1 Å². The van der Waals surface area contributed by atoms with E-state index in [0.717, 1.165) is 79.4 Å². The van der Waals surface area contributed by atoms with Crippen molar-refractivity contribution in [3.63, 3.8) is 0 Å². The molecule has 3 aromatic rings. The van der Waals surface area contributed by atoms with Gasteiger partial charge in [0.15, 0.2) is 6.10 Å². The first kappa shape index (κ1) is 35.2. The Balaban J connectivity index is 1.60. The van der Waals surface area contributed by atoms with Gasteiger partial charge < -0.3 is 20.1 Å². The summed E-state index contributed by atoms with van der Waals surface area (Å²) in [5.74, 6) is 0.0535. The van der Waals surface area contributed by atoms with Gasteiger partial charge >= 0.3 is 5.97 Å². The van der Waals surface area contributed by atoms with Crippen LogP contribution in [0.1, 0.15) is 101 Å². The summed E-state index contributed by atoms with van der Waals surface area (Å²) in [6.07, 6.45) is 1.74. The topological polar surface area (TPSA) is 80.9 Å². The summed E-state index contributed by atoms with van der Waals surface area (Å²) in [5.41, 5.74) is 15.8. The van der Waals surface area contributed by atoms with Gasteiger partial charge in [-0.05, 0) is 107 Å². The molecule has 0 saturated carbocycles. The molecule has 2 aromatic carbocycles. The van der Waals surface area contributed by atoms with Gasteiger partial charge in [0.1, 0.15) is 5.82 Å². The van der Waals surface area contributed by atoms with Crippen LogP contribution in [0.25, 0.3) is 11.1 Å². The molecule has 8 heteroatoms. The van der Waals surface area contributed by atoms with Crippen LogP contribution in [0.15, 0.2) is 36.4 Å². The molecule has 7 nitrogen and oxygen atoms in total. The predicted molar refractivity (Wildman–Crippen MR) is 193 cm³/mol. The van der Waals surface area contributed by atoms with Crippen molar-refractivity contribution in [2.24, 2.45) is 5.41 Å². The number of halogens is 1. The van der Waals surface area contributed by atoms with Gasteiger partial charge in [-0.3, -0.25) is 4.90 Å². The van der Waals surface area contributed by atoms with Crippen molar-refractivity contribution in [1.82, 2.24) is 9.88 Å². The van der Waals surface area contributed by atoms with E-state index in [9.17, 15) is 4.79 Å². The molecule has 1 atom stereocenters. The molecular weight excluding hydrogens is 608 g/mol. The summed E-state index contributed by atoms with van der Waals surface area (Å²) < 4.78 is 12.3. The lowest BCUT2D eigenvalue weighted by molar-refractivity contribution is -0.171. The van der Waals surface area contributed by atoms with Crippen molar-refractivity contribution in [2.75, 3.05) is 30.3 Å². The highest BCUT2D eigenvalue weighted by atomic mass is 35.5. The lowest BCUT2D eigenvalue weighted by Crippen LogP contribution is -2.39. The fourth-order valence-corrected chi connectivity index (χ4v) is 7.13. The molecule has 1 fully saturated rings. The first-order valence-corrected chi connectivity index (χ1v) is 17.4. The van der Waals surface area contributed by atoms with Crippen LogP contribution in [-0.4, -0.2) is 47.2 Å². The second-order valence-electron chi connectivity index (χ2n) is 15.4. The highest BCUT2D eigenvalue weighted by Crippen LogP contribution is 2.46. The number of carbonyl (C=O) groups excluding carboxylic acids is 1. The molecule has 2 aliphatic rings. The lowest BCUT2D eigenvalue weighted by Gasteiger charge is -2.41. The number of hydrogen-bond donors (Lipinski definition) is 1. The first-order chi connectivity index (χ1) is 22.0. The molecule has 254 valence electrons. The van der Waals surface area contributed by atoms with Crippen molar-refractivity contribution in [1.29, 1.82) is 0 Å². The maximum absolute atomic E-state index is 13.8. The van der Waals surface area contributed by atoms with Crippen LogP contribution in [0.3, 0.4) is 0 Å². The highest BCUT2D eigenvalue weighted by molar-refractivity contribution is 6.31. The maximum atomic E-state index is 13.8. The normalized spacial score (nSPS) is 17.5. The lowest BCUT2D eigenvalue weighted by atomic mass is 9.81. The van der Waals surface area contributed by atoms with Crippen LogP contribution in [-0.2, 0) is 33.8 Å². The fourth-order valence-electron chi connectivity index (χ4n) is 6.85. The third kappa shape index (κ3) is 8.13. The van der Waals surface area contributed by atoms with E-state index in [1.807, 2.05) is 53.7 Å². The summed E-state index contributed by atoms with van der Waals surface area (Å²) >= 11 is 6.59.